The number of halogens is 2. The average molecular weight is 397 g/mol. The van der Waals surface area contributed by atoms with Crippen molar-refractivity contribution in [2.45, 2.75) is 6.54 Å². The SMILES string of the molecule is O=C(O)c1c(-c2ccc[nH]c2=O)c2cc(Cl)ccc2n1Cc1ccc(F)cc1. The maximum atomic E-state index is 13.2. The third-order valence-corrected chi connectivity index (χ3v) is 4.80. The second kappa shape index (κ2) is 6.98. The maximum Gasteiger partial charge on any atom is 0.353 e. The van der Waals surface area contributed by atoms with Crippen LogP contribution in [0, 0.1) is 5.82 Å². The monoisotopic (exact) mass is 396 g/mol. The molecule has 0 aliphatic heterocycles. The second-order valence-electron chi connectivity index (χ2n) is 6.32. The summed E-state index contributed by atoms with van der Waals surface area (Å²) < 4.78 is 14.8. The number of pyridine rings is 1. The quantitative estimate of drug-likeness (QED) is 0.532. The van der Waals surface area contributed by atoms with E-state index in [1.54, 1.807) is 47.0 Å². The van der Waals surface area contributed by atoms with Crippen LogP contribution < -0.4 is 5.56 Å². The molecule has 0 amide bonds. The van der Waals surface area contributed by atoms with Crippen molar-refractivity contribution < 1.29 is 14.3 Å². The Bertz CT molecular complexity index is 1260. The third-order valence-electron chi connectivity index (χ3n) is 4.57. The van der Waals surface area contributed by atoms with Crippen LogP contribution in [0.3, 0.4) is 0 Å². The number of nitrogens with zero attached hydrogens (tertiary/aromatic N) is 1. The Kier molecular flexibility index (Phi) is 4.49. The zero-order chi connectivity index (χ0) is 19.8. The van der Waals surface area contributed by atoms with Gasteiger partial charge in [0.25, 0.3) is 5.56 Å². The molecule has 140 valence electrons. The van der Waals surface area contributed by atoms with Crippen molar-refractivity contribution >= 4 is 28.5 Å². The number of aromatic carboxylic acids is 1. The number of nitrogens with one attached hydrogen (secondary N) is 1. The molecule has 2 N–H and O–H groups in total. The standard InChI is InChI=1S/C21H14ClFN2O3/c22-13-5-8-17-16(10-13)18(15-2-1-9-24-20(15)26)19(21(27)28)25(17)11-12-3-6-14(23)7-4-12/h1-10H,11H2,(H,24,26)(H,27,28). The van der Waals surface area contributed by atoms with Crippen molar-refractivity contribution in [3.63, 3.8) is 0 Å². The van der Waals surface area contributed by atoms with E-state index in [1.165, 1.54) is 18.3 Å². The highest BCUT2D eigenvalue weighted by Crippen LogP contribution is 2.35. The van der Waals surface area contributed by atoms with Crippen LogP contribution in [-0.2, 0) is 6.54 Å². The van der Waals surface area contributed by atoms with E-state index in [0.717, 1.165) is 5.56 Å². The molecule has 0 unspecified atom stereocenters. The van der Waals surface area contributed by atoms with E-state index in [-0.39, 0.29) is 23.6 Å². The first-order chi connectivity index (χ1) is 13.5. The van der Waals surface area contributed by atoms with E-state index in [2.05, 4.69) is 4.98 Å². The summed E-state index contributed by atoms with van der Waals surface area (Å²) in [6.07, 6.45) is 1.48. The van der Waals surface area contributed by atoms with Gasteiger partial charge in [0.15, 0.2) is 0 Å². The van der Waals surface area contributed by atoms with Crippen LogP contribution >= 0.6 is 11.6 Å². The minimum absolute atomic E-state index is 0.0294. The van der Waals surface area contributed by atoms with Gasteiger partial charge in [0.2, 0.25) is 0 Å². The van der Waals surface area contributed by atoms with Gasteiger partial charge in [-0.2, -0.15) is 0 Å². The highest BCUT2D eigenvalue weighted by Gasteiger charge is 2.25. The molecule has 0 aliphatic rings. The fraction of sp³-hybridized carbons (Fsp3) is 0.0476. The average Bonchev–Trinajstić information content (AvgIpc) is 2.97. The first-order valence-electron chi connectivity index (χ1n) is 8.43. The van der Waals surface area contributed by atoms with Gasteiger partial charge in [-0.05, 0) is 48.0 Å². The number of aromatic amines is 1. The normalized spacial score (nSPS) is 11.1. The van der Waals surface area contributed by atoms with Crippen LogP contribution in [0.5, 0.6) is 0 Å². The lowest BCUT2D eigenvalue weighted by atomic mass is 10.0. The number of carboxylic acid groups (broad SMARTS) is 1. The number of fused-ring (bicyclic) bond motifs is 1. The highest BCUT2D eigenvalue weighted by molar-refractivity contribution is 6.31. The summed E-state index contributed by atoms with van der Waals surface area (Å²) in [4.78, 5) is 27.2. The van der Waals surface area contributed by atoms with Crippen molar-refractivity contribution in [2.75, 3.05) is 0 Å². The lowest BCUT2D eigenvalue weighted by molar-refractivity contribution is 0.0687. The number of hydrogen-bond donors (Lipinski definition) is 2. The molecule has 4 rings (SSSR count). The predicted octanol–water partition coefficient (Wildman–Crippen LogP) is 4.54. The summed E-state index contributed by atoms with van der Waals surface area (Å²) in [7, 11) is 0. The van der Waals surface area contributed by atoms with Gasteiger partial charge in [-0.25, -0.2) is 9.18 Å². The Morgan fingerprint density at radius 1 is 1.14 bits per heavy atom. The van der Waals surface area contributed by atoms with Crippen LogP contribution in [0.15, 0.2) is 65.6 Å². The van der Waals surface area contributed by atoms with Crippen LogP contribution in [0.4, 0.5) is 4.39 Å². The number of carbonyl (C=O) groups is 1. The first-order valence-corrected chi connectivity index (χ1v) is 8.81. The Morgan fingerprint density at radius 3 is 2.57 bits per heavy atom. The van der Waals surface area contributed by atoms with E-state index in [4.69, 9.17) is 11.6 Å². The van der Waals surface area contributed by atoms with E-state index < -0.39 is 11.5 Å². The molecule has 0 bridgehead atoms. The third kappa shape index (κ3) is 3.08. The fourth-order valence-electron chi connectivity index (χ4n) is 3.38. The van der Waals surface area contributed by atoms with Crippen molar-refractivity contribution in [1.29, 1.82) is 0 Å². The molecule has 0 saturated carbocycles. The molecule has 2 aromatic heterocycles. The number of benzene rings is 2. The Labute approximate surface area is 163 Å². The molecule has 0 aliphatic carbocycles. The first kappa shape index (κ1) is 18.0. The maximum absolute atomic E-state index is 13.2. The summed E-state index contributed by atoms with van der Waals surface area (Å²) in [5, 5.41) is 11.0. The molecule has 0 atom stereocenters. The van der Waals surface area contributed by atoms with Crippen LogP contribution in [0.2, 0.25) is 5.02 Å². The summed E-state index contributed by atoms with van der Waals surface area (Å²) in [5.74, 6) is -1.55. The van der Waals surface area contributed by atoms with Gasteiger partial charge < -0.3 is 14.7 Å². The Morgan fingerprint density at radius 2 is 1.89 bits per heavy atom. The summed E-state index contributed by atoms with van der Waals surface area (Å²) in [6.45, 7) is 0.199. The molecule has 0 fully saturated rings. The van der Waals surface area contributed by atoms with Crippen molar-refractivity contribution in [3.8, 4) is 11.1 Å². The smallest absolute Gasteiger partial charge is 0.353 e. The second-order valence-corrected chi connectivity index (χ2v) is 6.75. The zero-order valence-electron chi connectivity index (χ0n) is 14.4. The van der Waals surface area contributed by atoms with E-state index >= 15 is 0 Å². The van der Waals surface area contributed by atoms with Crippen molar-refractivity contribution in [1.82, 2.24) is 9.55 Å². The van der Waals surface area contributed by atoms with E-state index in [0.29, 0.717) is 21.5 Å². The minimum Gasteiger partial charge on any atom is -0.477 e. The van der Waals surface area contributed by atoms with E-state index in [1.807, 2.05) is 0 Å². The molecule has 7 heteroatoms. The van der Waals surface area contributed by atoms with E-state index in [9.17, 15) is 19.1 Å². The lowest BCUT2D eigenvalue weighted by Crippen LogP contribution is -2.13. The molecular weight excluding hydrogens is 383 g/mol. The molecule has 0 radical (unpaired) electrons. The summed E-state index contributed by atoms with van der Waals surface area (Å²) in [5.41, 5.74) is 1.46. The van der Waals surface area contributed by atoms with Gasteiger partial charge >= 0.3 is 5.97 Å². The molecule has 4 aromatic rings. The fourth-order valence-corrected chi connectivity index (χ4v) is 3.55. The number of aromatic nitrogens is 2. The van der Waals surface area contributed by atoms with Crippen LogP contribution in [-0.4, -0.2) is 20.6 Å². The molecule has 0 spiro atoms. The number of carboxylic acids is 1. The molecule has 2 heterocycles. The molecule has 28 heavy (non-hydrogen) atoms. The van der Waals surface area contributed by atoms with Crippen molar-refractivity contribution in [2.24, 2.45) is 0 Å². The van der Waals surface area contributed by atoms with Crippen LogP contribution in [0.25, 0.3) is 22.0 Å². The topological polar surface area (TPSA) is 75.1 Å². The number of hydrogen-bond acceptors (Lipinski definition) is 2. The Balaban J connectivity index is 2.06. The molecular formula is C21H14ClFN2O3. The van der Waals surface area contributed by atoms with Gasteiger partial charge in [-0.3, -0.25) is 4.79 Å². The Hall–Kier alpha value is -3.38. The number of rotatable bonds is 4. The summed E-state index contributed by atoms with van der Waals surface area (Å²) in [6, 6.07) is 14.1. The van der Waals surface area contributed by atoms with Gasteiger partial charge in [0.1, 0.15) is 11.5 Å². The highest BCUT2D eigenvalue weighted by atomic mass is 35.5. The largest absolute Gasteiger partial charge is 0.477 e. The van der Waals surface area contributed by atoms with Crippen molar-refractivity contribution in [3.05, 3.63) is 93.2 Å². The summed E-state index contributed by atoms with van der Waals surface area (Å²) >= 11 is 6.15. The molecule has 5 nitrogen and oxygen atoms in total. The van der Waals surface area contributed by atoms with Gasteiger partial charge in [-0.1, -0.05) is 23.7 Å². The van der Waals surface area contributed by atoms with Gasteiger partial charge in [-0.15, -0.1) is 0 Å². The molecule has 2 aromatic carbocycles. The minimum atomic E-state index is -1.17. The van der Waals surface area contributed by atoms with Gasteiger partial charge in [0, 0.05) is 39.8 Å². The van der Waals surface area contributed by atoms with Gasteiger partial charge in [0.05, 0.1) is 0 Å². The molecule has 0 saturated heterocycles. The predicted molar refractivity (Wildman–Crippen MR) is 105 cm³/mol. The number of H-pyrrole nitrogens is 1. The zero-order valence-corrected chi connectivity index (χ0v) is 15.2. The lowest BCUT2D eigenvalue weighted by Gasteiger charge is -2.09. The van der Waals surface area contributed by atoms with Crippen LogP contribution in [0.1, 0.15) is 16.1 Å².